The molecule has 1 fully saturated rings. The van der Waals surface area contributed by atoms with E-state index in [0.717, 1.165) is 5.56 Å². The number of sulfonamides is 1. The average Bonchev–Trinajstić information content (AvgIpc) is 2.59. The van der Waals surface area contributed by atoms with Crippen LogP contribution in [-0.2, 0) is 26.0 Å². The number of hydrogen-bond donors (Lipinski definition) is 2. The van der Waals surface area contributed by atoms with Gasteiger partial charge in [-0.2, -0.15) is 4.31 Å². The lowest BCUT2D eigenvalue weighted by Gasteiger charge is -2.31. The Bertz CT molecular complexity index is 663. The number of nitrogens with two attached hydrogens (primary N) is 1. The number of nitrogens with zero attached hydrogens (tertiary/aromatic N) is 1. The van der Waals surface area contributed by atoms with Gasteiger partial charge in [-0.1, -0.05) is 12.1 Å². The predicted octanol–water partition coefficient (Wildman–Crippen LogP) is -0.657. The van der Waals surface area contributed by atoms with Gasteiger partial charge in [0.25, 0.3) is 0 Å². The predicted molar refractivity (Wildman–Crippen MR) is 93.9 cm³/mol. The maximum absolute atomic E-state index is 12.0. The van der Waals surface area contributed by atoms with Crippen molar-refractivity contribution in [2.75, 3.05) is 45.6 Å². The van der Waals surface area contributed by atoms with Crippen molar-refractivity contribution in [3.05, 3.63) is 29.8 Å². The molecule has 0 spiro atoms. The average molecular weight is 371 g/mol. The Morgan fingerprint density at radius 2 is 2.12 bits per heavy atom. The molecule has 9 heteroatoms. The summed E-state index contributed by atoms with van der Waals surface area (Å²) in [5.74, 6) is 0.571. The zero-order chi connectivity index (χ0) is 18.3. The number of amides is 1. The van der Waals surface area contributed by atoms with Crippen LogP contribution in [0, 0.1) is 0 Å². The van der Waals surface area contributed by atoms with E-state index in [1.165, 1.54) is 10.6 Å². The van der Waals surface area contributed by atoms with Crippen molar-refractivity contribution < 1.29 is 22.7 Å². The van der Waals surface area contributed by atoms with Gasteiger partial charge in [-0.3, -0.25) is 4.79 Å². The molecular formula is C16H25N3O5S. The van der Waals surface area contributed by atoms with Crippen LogP contribution in [0.1, 0.15) is 5.56 Å². The van der Waals surface area contributed by atoms with E-state index in [1.807, 2.05) is 12.1 Å². The van der Waals surface area contributed by atoms with E-state index < -0.39 is 10.0 Å². The molecule has 1 atom stereocenters. The van der Waals surface area contributed by atoms with Crippen molar-refractivity contribution in [3.8, 4) is 5.75 Å². The second-order valence-electron chi connectivity index (χ2n) is 5.88. The van der Waals surface area contributed by atoms with Crippen molar-refractivity contribution in [1.82, 2.24) is 9.62 Å². The van der Waals surface area contributed by atoms with E-state index in [-0.39, 0.29) is 31.5 Å². The summed E-state index contributed by atoms with van der Waals surface area (Å²) in [5.41, 5.74) is 6.24. The monoisotopic (exact) mass is 371 g/mol. The molecule has 1 saturated heterocycles. The van der Waals surface area contributed by atoms with E-state index in [2.05, 4.69) is 5.32 Å². The summed E-state index contributed by atoms with van der Waals surface area (Å²) < 4.78 is 35.4. The SMILES string of the molecule is CS(=O)(=O)N1CCO[C@@H](CNC(=O)Cc2ccc(OCCN)cc2)C1. The molecule has 0 saturated carbocycles. The summed E-state index contributed by atoms with van der Waals surface area (Å²) in [6.45, 7) is 2.12. The topological polar surface area (TPSA) is 111 Å². The molecule has 0 bridgehead atoms. The van der Waals surface area contributed by atoms with Gasteiger partial charge in [0, 0.05) is 26.2 Å². The third-order valence-electron chi connectivity index (χ3n) is 3.77. The van der Waals surface area contributed by atoms with Gasteiger partial charge in [0.1, 0.15) is 12.4 Å². The van der Waals surface area contributed by atoms with E-state index in [9.17, 15) is 13.2 Å². The first-order valence-corrected chi connectivity index (χ1v) is 9.98. The maximum atomic E-state index is 12.0. The zero-order valence-corrected chi connectivity index (χ0v) is 15.1. The molecule has 1 aromatic carbocycles. The fourth-order valence-electron chi connectivity index (χ4n) is 2.47. The normalized spacial score (nSPS) is 18.7. The van der Waals surface area contributed by atoms with Gasteiger partial charge in [0.05, 0.1) is 25.4 Å². The molecule has 0 radical (unpaired) electrons. The molecule has 0 aliphatic carbocycles. The second kappa shape index (κ2) is 9.14. The van der Waals surface area contributed by atoms with Gasteiger partial charge in [0.15, 0.2) is 0 Å². The van der Waals surface area contributed by atoms with Crippen LogP contribution in [-0.4, -0.2) is 70.4 Å². The van der Waals surface area contributed by atoms with Crippen molar-refractivity contribution in [2.45, 2.75) is 12.5 Å². The van der Waals surface area contributed by atoms with Crippen molar-refractivity contribution in [1.29, 1.82) is 0 Å². The highest BCUT2D eigenvalue weighted by Crippen LogP contribution is 2.12. The Morgan fingerprint density at radius 3 is 2.76 bits per heavy atom. The number of carbonyl (C=O) groups excluding carboxylic acids is 1. The minimum atomic E-state index is -3.24. The second-order valence-corrected chi connectivity index (χ2v) is 7.86. The molecule has 2 rings (SSSR count). The van der Waals surface area contributed by atoms with Gasteiger partial charge in [-0.05, 0) is 17.7 Å². The minimum absolute atomic E-state index is 0.143. The fraction of sp³-hybridized carbons (Fsp3) is 0.562. The summed E-state index contributed by atoms with van der Waals surface area (Å²) in [4.78, 5) is 12.0. The van der Waals surface area contributed by atoms with Gasteiger partial charge in [0.2, 0.25) is 15.9 Å². The van der Waals surface area contributed by atoms with Crippen LogP contribution < -0.4 is 15.8 Å². The van der Waals surface area contributed by atoms with E-state index in [4.69, 9.17) is 15.2 Å². The first kappa shape index (κ1) is 19.6. The van der Waals surface area contributed by atoms with E-state index >= 15 is 0 Å². The summed E-state index contributed by atoms with van der Waals surface area (Å²) in [6.07, 6.45) is 1.08. The Labute approximate surface area is 148 Å². The quantitative estimate of drug-likeness (QED) is 0.628. The molecule has 25 heavy (non-hydrogen) atoms. The molecule has 140 valence electrons. The molecule has 3 N–H and O–H groups in total. The van der Waals surface area contributed by atoms with Crippen molar-refractivity contribution in [3.63, 3.8) is 0 Å². The Balaban J connectivity index is 1.76. The highest BCUT2D eigenvalue weighted by molar-refractivity contribution is 7.88. The number of hydrogen-bond acceptors (Lipinski definition) is 6. The lowest BCUT2D eigenvalue weighted by Crippen LogP contribution is -2.49. The zero-order valence-electron chi connectivity index (χ0n) is 14.3. The van der Waals surface area contributed by atoms with Gasteiger partial charge < -0.3 is 20.5 Å². The largest absolute Gasteiger partial charge is 0.492 e. The Kier molecular flexibility index (Phi) is 7.18. The van der Waals surface area contributed by atoms with E-state index in [0.29, 0.717) is 32.1 Å². The molecule has 1 heterocycles. The first-order chi connectivity index (χ1) is 11.9. The first-order valence-electron chi connectivity index (χ1n) is 8.13. The lowest BCUT2D eigenvalue weighted by molar-refractivity contribution is -0.121. The summed E-state index contributed by atoms with van der Waals surface area (Å²) in [6, 6.07) is 7.25. The maximum Gasteiger partial charge on any atom is 0.224 e. The Morgan fingerprint density at radius 1 is 1.40 bits per heavy atom. The third kappa shape index (κ3) is 6.62. The van der Waals surface area contributed by atoms with Crippen LogP contribution in [0.15, 0.2) is 24.3 Å². The van der Waals surface area contributed by atoms with Gasteiger partial charge in [-0.15, -0.1) is 0 Å². The lowest BCUT2D eigenvalue weighted by atomic mass is 10.1. The number of benzene rings is 1. The number of ether oxygens (including phenoxy) is 2. The third-order valence-corrected chi connectivity index (χ3v) is 5.04. The number of nitrogens with one attached hydrogen (secondary N) is 1. The van der Waals surface area contributed by atoms with Crippen LogP contribution in [0.4, 0.5) is 0 Å². The molecule has 0 aromatic heterocycles. The van der Waals surface area contributed by atoms with Gasteiger partial charge in [-0.25, -0.2) is 8.42 Å². The standard InChI is InChI=1S/C16H25N3O5S/c1-25(21,22)19-7-9-24-15(12-19)11-18-16(20)10-13-2-4-14(5-3-13)23-8-6-17/h2-5,15H,6-12,17H2,1H3,(H,18,20)/t15-/m0/s1. The fourth-order valence-corrected chi connectivity index (χ4v) is 3.32. The number of rotatable bonds is 8. The molecule has 1 amide bonds. The van der Waals surface area contributed by atoms with Crippen LogP contribution in [0.5, 0.6) is 5.75 Å². The molecule has 1 aromatic rings. The summed E-state index contributed by atoms with van der Waals surface area (Å²) in [5, 5.41) is 2.79. The summed E-state index contributed by atoms with van der Waals surface area (Å²) in [7, 11) is -3.24. The minimum Gasteiger partial charge on any atom is -0.492 e. The molecule has 8 nitrogen and oxygen atoms in total. The highest BCUT2D eigenvalue weighted by atomic mass is 32.2. The number of carbonyl (C=O) groups is 1. The van der Waals surface area contributed by atoms with Crippen LogP contribution >= 0.6 is 0 Å². The Hall–Kier alpha value is -1.68. The molecule has 0 unspecified atom stereocenters. The molecular weight excluding hydrogens is 346 g/mol. The number of morpholine rings is 1. The summed E-state index contributed by atoms with van der Waals surface area (Å²) >= 11 is 0. The van der Waals surface area contributed by atoms with Gasteiger partial charge >= 0.3 is 0 Å². The van der Waals surface area contributed by atoms with E-state index in [1.54, 1.807) is 12.1 Å². The van der Waals surface area contributed by atoms with Crippen LogP contribution in [0.3, 0.4) is 0 Å². The van der Waals surface area contributed by atoms with Crippen molar-refractivity contribution >= 4 is 15.9 Å². The van der Waals surface area contributed by atoms with Crippen LogP contribution in [0.25, 0.3) is 0 Å². The smallest absolute Gasteiger partial charge is 0.224 e. The highest BCUT2D eigenvalue weighted by Gasteiger charge is 2.26. The van der Waals surface area contributed by atoms with Crippen molar-refractivity contribution in [2.24, 2.45) is 5.73 Å². The molecule has 1 aliphatic heterocycles. The van der Waals surface area contributed by atoms with Crippen LogP contribution in [0.2, 0.25) is 0 Å². The molecule has 1 aliphatic rings.